The molecule has 0 fully saturated rings. The van der Waals surface area contributed by atoms with Crippen molar-refractivity contribution in [1.82, 2.24) is 0 Å². The van der Waals surface area contributed by atoms with E-state index in [1.54, 1.807) is 18.2 Å². The largest absolute Gasteiger partial charge is 0.384 e. The topological polar surface area (TPSA) is 123 Å². The Bertz CT molecular complexity index is 711. The third-order valence-corrected chi connectivity index (χ3v) is 3.37. The summed E-state index contributed by atoms with van der Waals surface area (Å²) in [6, 6.07) is 14.5. The van der Waals surface area contributed by atoms with Crippen LogP contribution in [0.2, 0.25) is 0 Å². The maximum Gasteiger partial charge on any atom is 0.223 e. The first-order chi connectivity index (χ1) is 10.5. The summed E-state index contributed by atoms with van der Waals surface area (Å²) in [7, 11) is 0. The zero-order valence-corrected chi connectivity index (χ0v) is 13.2. The van der Waals surface area contributed by atoms with Crippen molar-refractivity contribution in [2.45, 2.75) is 6.10 Å². The number of nitrogens with two attached hydrogens (primary N) is 3. The van der Waals surface area contributed by atoms with Crippen LogP contribution < -0.4 is 17.2 Å². The maximum atomic E-state index is 10.6. The Balaban J connectivity index is 2.47. The molecule has 0 heterocycles. The zero-order valence-electron chi connectivity index (χ0n) is 11.6. The highest BCUT2D eigenvalue weighted by atomic mass is 79.9. The van der Waals surface area contributed by atoms with E-state index in [1.807, 2.05) is 30.3 Å². The number of rotatable bonds is 3. The average Bonchev–Trinajstić information content (AvgIpc) is 2.48. The monoisotopic (exact) mass is 361 g/mol. The molecule has 1 unspecified atom stereocenters. The standard InChI is InChI=1S/C15H16BrN5O/c16-10-6-7-12(20-15(19)21-14(17)18)11(8-10)13(22)9-4-2-1-3-5-9/h1-8,13,22H,(H6,17,18,19,20,21). The molecule has 0 aliphatic rings. The summed E-state index contributed by atoms with van der Waals surface area (Å²) in [6.07, 6.45) is -0.843. The summed E-state index contributed by atoms with van der Waals surface area (Å²) in [5.41, 5.74) is 18.0. The van der Waals surface area contributed by atoms with E-state index >= 15 is 0 Å². The molecular formula is C15H16BrN5O. The van der Waals surface area contributed by atoms with Gasteiger partial charge in [-0.25, -0.2) is 4.99 Å². The average molecular weight is 362 g/mol. The highest BCUT2D eigenvalue weighted by molar-refractivity contribution is 9.10. The Morgan fingerprint density at radius 1 is 1.05 bits per heavy atom. The number of benzene rings is 2. The van der Waals surface area contributed by atoms with Gasteiger partial charge in [0.15, 0.2) is 5.96 Å². The number of halogens is 1. The fraction of sp³-hybridized carbons (Fsp3) is 0.0667. The van der Waals surface area contributed by atoms with Crippen LogP contribution in [-0.4, -0.2) is 17.0 Å². The Morgan fingerprint density at radius 2 is 1.73 bits per heavy atom. The summed E-state index contributed by atoms with van der Waals surface area (Å²) >= 11 is 3.39. The van der Waals surface area contributed by atoms with E-state index in [-0.39, 0.29) is 11.9 Å². The molecule has 7 heteroatoms. The van der Waals surface area contributed by atoms with Gasteiger partial charge in [-0.15, -0.1) is 0 Å². The maximum absolute atomic E-state index is 10.6. The van der Waals surface area contributed by atoms with Gasteiger partial charge in [0.05, 0.1) is 5.69 Å². The lowest BCUT2D eigenvalue weighted by molar-refractivity contribution is 0.221. The summed E-state index contributed by atoms with van der Waals surface area (Å²) in [5, 5.41) is 10.6. The third-order valence-electron chi connectivity index (χ3n) is 2.88. The smallest absolute Gasteiger partial charge is 0.223 e. The summed E-state index contributed by atoms with van der Waals surface area (Å²) < 4.78 is 0.817. The SMILES string of the molecule is NC(N)=NC(N)=Nc1ccc(Br)cc1C(O)c1ccccc1. The quantitative estimate of drug-likeness (QED) is 0.491. The van der Waals surface area contributed by atoms with Crippen molar-refractivity contribution >= 4 is 33.5 Å². The molecule has 2 aromatic rings. The zero-order chi connectivity index (χ0) is 16.1. The van der Waals surface area contributed by atoms with E-state index < -0.39 is 6.10 Å². The second kappa shape index (κ2) is 7.06. The summed E-state index contributed by atoms with van der Waals surface area (Å²) in [6.45, 7) is 0. The van der Waals surface area contributed by atoms with Crippen LogP contribution >= 0.6 is 15.9 Å². The number of aliphatic hydroxyl groups is 1. The van der Waals surface area contributed by atoms with Crippen molar-refractivity contribution in [2.75, 3.05) is 0 Å². The van der Waals surface area contributed by atoms with Gasteiger partial charge in [-0.2, -0.15) is 4.99 Å². The number of hydrogen-bond donors (Lipinski definition) is 4. The van der Waals surface area contributed by atoms with Crippen LogP contribution in [0, 0.1) is 0 Å². The first-order valence-electron chi connectivity index (χ1n) is 6.43. The van der Waals surface area contributed by atoms with Gasteiger partial charge < -0.3 is 22.3 Å². The Morgan fingerprint density at radius 3 is 2.36 bits per heavy atom. The number of guanidine groups is 2. The molecule has 22 heavy (non-hydrogen) atoms. The van der Waals surface area contributed by atoms with Gasteiger partial charge in [-0.05, 0) is 23.8 Å². The van der Waals surface area contributed by atoms with Crippen LogP contribution in [0.1, 0.15) is 17.2 Å². The molecule has 0 aliphatic heterocycles. The van der Waals surface area contributed by atoms with Crippen molar-refractivity contribution in [3.63, 3.8) is 0 Å². The summed E-state index contributed by atoms with van der Waals surface area (Å²) in [4.78, 5) is 7.83. The molecule has 0 aromatic heterocycles. The molecule has 0 bridgehead atoms. The first-order valence-corrected chi connectivity index (χ1v) is 7.23. The normalized spacial score (nSPS) is 12.7. The molecule has 0 aliphatic carbocycles. The number of nitrogens with zero attached hydrogens (tertiary/aromatic N) is 2. The Labute approximate surface area is 136 Å². The van der Waals surface area contributed by atoms with E-state index in [1.165, 1.54) is 0 Å². The molecule has 0 saturated heterocycles. The second-order valence-corrected chi connectivity index (χ2v) is 5.44. The van der Waals surface area contributed by atoms with Crippen LogP contribution in [0.3, 0.4) is 0 Å². The van der Waals surface area contributed by atoms with Crippen LogP contribution in [0.25, 0.3) is 0 Å². The van der Waals surface area contributed by atoms with Crippen molar-refractivity contribution in [3.8, 4) is 0 Å². The van der Waals surface area contributed by atoms with Crippen LogP contribution in [0.15, 0.2) is 63.0 Å². The highest BCUT2D eigenvalue weighted by Gasteiger charge is 2.15. The number of aliphatic imine (C=N–C) groups is 2. The van der Waals surface area contributed by atoms with Crippen LogP contribution in [-0.2, 0) is 0 Å². The molecule has 1 atom stereocenters. The molecular weight excluding hydrogens is 346 g/mol. The van der Waals surface area contributed by atoms with Gasteiger partial charge in [0.1, 0.15) is 6.10 Å². The molecule has 0 amide bonds. The lowest BCUT2D eigenvalue weighted by Gasteiger charge is -2.14. The van der Waals surface area contributed by atoms with Crippen LogP contribution in [0.4, 0.5) is 5.69 Å². The molecule has 114 valence electrons. The lowest BCUT2D eigenvalue weighted by Crippen LogP contribution is -2.26. The molecule has 0 radical (unpaired) electrons. The predicted octanol–water partition coefficient (Wildman–Crippen LogP) is 1.75. The van der Waals surface area contributed by atoms with E-state index in [2.05, 4.69) is 25.9 Å². The van der Waals surface area contributed by atoms with Gasteiger partial charge in [0.25, 0.3) is 0 Å². The molecule has 0 saturated carbocycles. The van der Waals surface area contributed by atoms with Gasteiger partial charge in [0.2, 0.25) is 5.96 Å². The van der Waals surface area contributed by atoms with Crippen molar-refractivity contribution < 1.29 is 5.11 Å². The van der Waals surface area contributed by atoms with Gasteiger partial charge in [0, 0.05) is 10.0 Å². The van der Waals surface area contributed by atoms with E-state index in [0.717, 1.165) is 10.0 Å². The Hall–Kier alpha value is -2.38. The first kappa shape index (κ1) is 16.0. The molecule has 2 aromatic carbocycles. The minimum absolute atomic E-state index is 0.0798. The van der Waals surface area contributed by atoms with E-state index in [0.29, 0.717) is 11.3 Å². The van der Waals surface area contributed by atoms with E-state index in [9.17, 15) is 5.11 Å². The van der Waals surface area contributed by atoms with Crippen molar-refractivity contribution in [3.05, 3.63) is 64.1 Å². The minimum Gasteiger partial charge on any atom is -0.384 e. The van der Waals surface area contributed by atoms with Crippen LogP contribution in [0.5, 0.6) is 0 Å². The predicted molar refractivity (Wildman–Crippen MR) is 91.7 cm³/mol. The third kappa shape index (κ3) is 4.06. The minimum atomic E-state index is -0.843. The summed E-state index contributed by atoms with van der Waals surface area (Å²) in [5.74, 6) is -0.257. The molecule has 2 rings (SSSR count). The molecule has 6 nitrogen and oxygen atoms in total. The fourth-order valence-corrected chi connectivity index (χ4v) is 2.32. The van der Waals surface area contributed by atoms with E-state index in [4.69, 9.17) is 17.2 Å². The number of aliphatic hydroxyl groups excluding tert-OH is 1. The Kier molecular flexibility index (Phi) is 5.13. The number of hydrogen-bond acceptors (Lipinski definition) is 2. The molecule has 0 spiro atoms. The lowest BCUT2D eigenvalue weighted by atomic mass is 10.0. The highest BCUT2D eigenvalue weighted by Crippen LogP contribution is 2.32. The van der Waals surface area contributed by atoms with Gasteiger partial charge in [-0.3, -0.25) is 0 Å². The van der Waals surface area contributed by atoms with Gasteiger partial charge in [-0.1, -0.05) is 46.3 Å². The van der Waals surface area contributed by atoms with Crippen molar-refractivity contribution in [1.29, 1.82) is 0 Å². The molecule has 7 N–H and O–H groups in total. The second-order valence-electron chi connectivity index (χ2n) is 4.52. The fourth-order valence-electron chi connectivity index (χ4n) is 1.94. The van der Waals surface area contributed by atoms with Gasteiger partial charge >= 0.3 is 0 Å². The van der Waals surface area contributed by atoms with Crippen molar-refractivity contribution in [2.24, 2.45) is 27.2 Å².